The minimum atomic E-state index is 0.0688. The van der Waals surface area contributed by atoms with Crippen LogP contribution in [0, 0.1) is 17.3 Å². The van der Waals surface area contributed by atoms with Crippen LogP contribution in [0.3, 0.4) is 0 Å². The molecule has 0 saturated heterocycles. The zero-order chi connectivity index (χ0) is 8.18. The second-order valence-electron chi connectivity index (χ2n) is 5.13. The summed E-state index contributed by atoms with van der Waals surface area (Å²) in [6.07, 6.45) is 9.62. The average molecular weight is 166 g/mol. The third-order valence-electron chi connectivity index (χ3n) is 4.71. The van der Waals surface area contributed by atoms with E-state index in [2.05, 4.69) is 0 Å². The van der Waals surface area contributed by atoms with Gasteiger partial charge in [0.15, 0.2) is 0 Å². The number of aliphatic hydroxyl groups is 1. The van der Waals surface area contributed by atoms with Gasteiger partial charge < -0.3 is 5.11 Å². The molecular formula is C11H18O. The summed E-state index contributed by atoms with van der Waals surface area (Å²) in [5.74, 6) is 1.72. The van der Waals surface area contributed by atoms with E-state index in [1.807, 2.05) is 0 Å². The topological polar surface area (TPSA) is 20.2 Å². The lowest BCUT2D eigenvalue weighted by atomic mass is 9.69. The average Bonchev–Trinajstić information content (AvgIpc) is 2.80. The van der Waals surface area contributed by atoms with Crippen molar-refractivity contribution in [1.82, 2.24) is 0 Å². The van der Waals surface area contributed by atoms with Gasteiger partial charge in [0.2, 0.25) is 0 Å². The van der Waals surface area contributed by atoms with E-state index in [1.165, 1.54) is 38.5 Å². The molecule has 0 aromatic carbocycles. The molecule has 0 amide bonds. The van der Waals surface area contributed by atoms with E-state index in [-0.39, 0.29) is 6.10 Å². The zero-order valence-corrected chi connectivity index (χ0v) is 7.63. The Morgan fingerprint density at radius 2 is 2.00 bits per heavy atom. The van der Waals surface area contributed by atoms with Gasteiger partial charge in [-0.25, -0.2) is 0 Å². The summed E-state index contributed by atoms with van der Waals surface area (Å²) in [5, 5.41) is 9.75. The highest BCUT2D eigenvalue weighted by atomic mass is 16.3. The fourth-order valence-corrected chi connectivity index (χ4v) is 3.97. The van der Waals surface area contributed by atoms with Crippen molar-refractivity contribution in [3.63, 3.8) is 0 Å². The van der Waals surface area contributed by atoms with Gasteiger partial charge in [0.1, 0.15) is 0 Å². The van der Waals surface area contributed by atoms with Crippen LogP contribution < -0.4 is 0 Å². The summed E-state index contributed by atoms with van der Waals surface area (Å²) in [4.78, 5) is 0. The highest BCUT2D eigenvalue weighted by Crippen LogP contribution is 2.69. The Balaban J connectivity index is 1.84. The van der Waals surface area contributed by atoms with Crippen LogP contribution >= 0.6 is 0 Å². The number of rotatable bonds is 0. The van der Waals surface area contributed by atoms with E-state index in [9.17, 15) is 5.11 Å². The van der Waals surface area contributed by atoms with Crippen molar-refractivity contribution in [1.29, 1.82) is 0 Å². The van der Waals surface area contributed by atoms with Gasteiger partial charge in [0.05, 0.1) is 6.10 Å². The first-order valence-corrected chi connectivity index (χ1v) is 5.51. The van der Waals surface area contributed by atoms with Gasteiger partial charge in [0.25, 0.3) is 0 Å². The van der Waals surface area contributed by atoms with E-state index in [0.717, 1.165) is 18.3 Å². The van der Waals surface area contributed by atoms with Crippen LogP contribution in [0.15, 0.2) is 0 Å². The van der Waals surface area contributed by atoms with Crippen LogP contribution in [0.2, 0.25) is 0 Å². The summed E-state index contributed by atoms with van der Waals surface area (Å²) in [7, 11) is 0. The molecule has 3 rings (SSSR count). The monoisotopic (exact) mass is 166 g/mol. The van der Waals surface area contributed by atoms with Crippen molar-refractivity contribution in [2.24, 2.45) is 17.3 Å². The quantitative estimate of drug-likeness (QED) is 0.585. The summed E-state index contributed by atoms with van der Waals surface area (Å²) in [5.41, 5.74) is 0.663. The van der Waals surface area contributed by atoms with E-state index >= 15 is 0 Å². The molecule has 68 valence electrons. The Morgan fingerprint density at radius 1 is 1.08 bits per heavy atom. The minimum absolute atomic E-state index is 0.0688. The fourth-order valence-electron chi connectivity index (χ4n) is 3.97. The van der Waals surface area contributed by atoms with Crippen molar-refractivity contribution in [2.75, 3.05) is 0 Å². The Morgan fingerprint density at radius 3 is 2.92 bits per heavy atom. The summed E-state index contributed by atoms with van der Waals surface area (Å²) in [6, 6.07) is 0. The van der Waals surface area contributed by atoms with Gasteiger partial charge in [0, 0.05) is 0 Å². The third-order valence-corrected chi connectivity index (χ3v) is 4.71. The van der Waals surface area contributed by atoms with Gasteiger partial charge in [-0.1, -0.05) is 12.8 Å². The molecule has 3 fully saturated rings. The van der Waals surface area contributed by atoms with Crippen molar-refractivity contribution >= 4 is 0 Å². The van der Waals surface area contributed by atoms with Gasteiger partial charge in [-0.3, -0.25) is 0 Å². The van der Waals surface area contributed by atoms with Crippen molar-refractivity contribution < 1.29 is 5.11 Å². The molecule has 1 nitrogen and oxygen atoms in total. The second kappa shape index (κ2) is 2.25. The van der Waals surface area contributed by atoms with Gasteiger partial charge in [-0.2, -0.15) is 0 Å². The molecule has 0 bridgehead atoms. The van der Waals surface area contributed by atoms with Gasteiger partial charge in [-0.05, 0) is 49.4 Å². The van der Waals surface area contributed by atoms with Crippen LogP contribution in [-0.2, 0) is 0 Å². The van der Waals surface area contributed by atoms with Crippen LogP contribution in [0.4, 0.5) is 0 Å². The highest BCUT2D eigenvalue weighted by Gasteiger charge is 2.63. The molecule has 0 aromatic rings. The lowest BCUT2D eigenvalue weighted by molar-refractivity contribution is 0.0417. The Bertz CT molecular complexity index is 201. The first kappa shape index (κ1) is 7.37. The number of aliphatic hydroxyl groups excluding tert-OH is 1. The molecule has 0 aromatic heterocycles. The standard InChI is InChI=1S/C11H18O/c12-10-5-4-8-3-1-2-6-11(8)7-9(10)11/h8-10,12H,1-7H2. The van der Waals surface area contributed by atoms with E-state index in [1.54, 1.807) is 0 Å². The Hall–Kier alpha value is -0.0400. The summed E-state index contributed by atoms with van der Waals surface area (Å²) >= 11 is 0. The van der Waals surface area contributed by atoms with E-state index < -0.39 is 0 Å². The molecule has 1 spiro atoms. The third kappa shape index (κ3) is 0.783. The first-order valence-electron chi connectivity index (χ1n) is 5.51. The molecule has 4 atom stereocenters. The first-order chi connectivity index (χ1) is 5.83. The lowest BCUT2D eigenvalue weighted by Gasteiger charge is -2.38. The Labute approximate surface area is 74.2 Å². The molecule has 3 aliphatic rings. The normalized spacial score (nSPS) is 57.2. The molecule has 3 aliphatic carbocycles. The maximum absolute atomic E-state index is 9.75. The van der Waals surface area contributed by atoms with Crippen LogP contribution in [-0.4, -0.2) is 11.2 Å². The number of hydrogen-bond acceptors (Lipinski definition) is 1. The Kier molecular flexibility index (Phi) is 1.39. The van der Waals surface area contributed by atoms with Crippen LogP contribution in [0.5, 0.6) is 0 Å². The smallest absolute Gasteiger partial charge is 0.0574 e. The van der Waals surface area contributed by atoms with E-state index in [0.29, 0.717) is 5.41 Å². The van der Waals surface area contributed by atoms with Crippen LogP contribution in [0.1, 0.15) is 44.9 Å². The molecule has 4 unspecified atom stereocenters. The fraction of sp³-hybridized carbons (Fsp3) is 1.00. The van der Waals surface area contributed by atoms with Gasteiger partial charge >= 0.3 is 0 Å². The molecule has 1 N–H and O–H groups in total. The molecule has 0 heterocycles. The maximum atomic E-state index is 9.75. The molecule has 0 aliphatic heterocycles. The minimum Gasteiger partial charge on any atom is -0.393 e. The maximum Gasteiger partial charge on any atom is 0.0574 e. The van der Waals surface area contributed by atoms with Crippen molar-refractivity contribution in [3.8, 4) is 0 Å². The van der Waals surface area contributed by atoms with E-state index in [4.69, 9.17) is 0 Å². The van der Waals surface area contributed by atoms with Crippen molar-refractivity contribution in [3.05, 3.63) is 0 Å². The van der Waals surface area contributed by atoms with Gasteiger partial charge in [-0.15, -0.1) is 0 Å². The molecule has 0 radical (unpaired) electrons. The highest BCUT2D eigenvalue weighted by molar-refractivity contribution is 5.12. The summed E-state index contributed by atoms with van der Waals surface area (Å²) < 4.78 is 0. The lowest BCUT2D eigenvalue weighted by Crippen LogP contribution is -2.32. The predicted octanol–water partition coefficient (Wildman–Crippen LogP) is 2.34. The SMILES string of the molecule is OC1CCC2CCCCC23CC13. The number of hydrogen-bond donors (Lipinski definition) is 1. The zero-order valence-electron chi connectivity index (χ0n) is 7.63. The molecule has 3 saturated carbocycles. The molecular weight excluding hydrogens is 148 g/mol. The largest absolute Gasteiger partial charge is 0.393 e. The van der Waals surface area contributed by atoms with Crippen molar-refractivity contribution in [2.45, 2.75) is 51.0 Å². The summed E-state index contributed by atoms with van der Waals surface area (Å²) in [6.45, 7) is 0. The molecule has 1 heteroatoms. The predicted molar refractivity (Wildman–Crippen MR) is 47.7 cm³/mol. The second-order valence-corrected chi connectivity index (χ2v) is 5.13. The molecule has 12 heavy (non-hydrogen) atoms. The van der Waals surface area contributed by atoms with Crippen LogP contribution in [0.25, 0.3) is 0 Å².